The van der Waals surface area contributed by atoms with Gasteiger partial charge in [0.1, 0.15) is 5.75 Å². The normalized spacial score (nSPS) is 13.1. The molecule has 2 rings (SSSR count). The lowest BCUT2D eigenvalue weighted by Gasteiger charge is -2.24. The number of ether oxygens (including phenoxy) is 1. The van der Waals surface area contributed by atoms with Crippen LogP contribution in [0.2, 0.25) is 0 Å². The third-order valence-electron chi connectivity index (χ3n) is 3.57. The first kappa shape index (κ1) is 18.8. The molecular weight excluding hydrogens is 385 g/mol. The van der Waals surface area contributed by atoms with E-state index in [4.69, 9.17) is 10.6 Å². The van der Waals surface area contributed by atoms with Crippen LogP contribution in [-0.4, -0.2) is 18.7 Å². The first-order valence-electron chi connectivity index (χ1n) is 7.30. The van der Waals surface area contributed by atoms with Crippen molar-refractivity contribution in [1.29, 1.82) is 0 Å². The van der Waals surface area contributed by atoms with Crippen molar-refractivity contribution in [2.24, 2.45) is 5.84 Å². The minimum absolute atomic E-state index is 0.0584. The molecule has 2 aromatic carbocycles. The molecule has 24 heavy (non-hydrogen) atoms. The van der Waals surface area contributed by atoms with Crippen molar-refractivity contribution in [3.8, 4) is 5.75 Å². The average molecular weight is 403 g/mol. The van der Waals surface area contributed by atoms with E-state index in [2.05, 4.69) is 15.9 Å². The third kappa shape index (κ3) is 5.22. The van der Waals surface area contributed by atoms with Gasteiger partial charge in [0, 0.05) is 17.9 Å². The van der Waals surface area contributed by atoms with Gasteiger partial charge in [-0.2, -0.15) is 13.2 Å². The van der Waals surface area contributed by atoms with Crippen molar-refractivity contribution >= 4 is 15.9 Å². The number of nitrogens with zero attached hydrogens (tertiary/aromatic N) is 1. The van der Waals surface area contributed by atoms with Crippen LogP contribution in [0, 0.1) is 0 Å². The Hall–Kier alpha value is -1.57. The van der Waals surface area contributed by atoms with E-state index in [0.29, 0.717) is 18.8 Å². The average Bonchev–Trinajstić information content (AvgIpc) is 2.50. The van der Waals surface area contributed by atoms with E-state index in [0.717, 1.165) is 22.2 Å². The molecule has 7 heteroatoms. The van der Waals surface area contributed by atoms with Crippen molar-refractivity contribution in [2.75, 3.05) is 13.7 Å². The Morgan fingerprint density at radius 1 is 1.17 bits per heavy atom. The number of alkyl halides is 3. The summed E-state index contributed by atoms with van der Waals surface area (Å²) < 4.78 is 44.1. The van der Waals surface area contributed by atoms with E-state index >= 15 is 0 Å². The van der Waals surface area contributed by atoms with Crippen LogP contribution in [0.3, 0.4) is 0 Å². The van der Waals surface area contributed by atoms with Crippen molar-refractivity contribution in [3.63, 3.8) is 0 Å². The molecular formula is C17H18BrF3N2O. The molecule has 130 valence electrons. The van der Waals surface area contributed by atoms with Gasteiger partial charge in [0.15, 0.2) is 0 Å². The number of hydrazine groups is 1. The van der Waals surface area contributed by atoms with Crippen LogP contribution < -0.4 is 10.6 Å². The molecule has 2 aromatic rings. The van der Waals surface area contributed by atoms with Gasteiger partial charge in [0.2, 0.25) is 0 Å². The summed E-state index contributed by atoms with van der Waals surface area (Å²) in [6, 6.07) is 12.4. The Labute approximate surface area is 147 Å². The smallest absolute Gasteiger partial charge is 0.416 e. The molecule has 0 spiro atoms. The first-order valence-corrected chi connectivity index (χ1v) is 8.09. The van der Waals surface area contributed by atoms with Gasteiger partial charge in [0.05, 0.1) is 18.2 Å². The first-order chi connectivity index (χ1) is 11.3. The van der Waals surface area contributed by atoms with E-state index in [1.807, 2.05) is 24.3 Å². The fourth-order valence-electron chi connectivity index (χ4n) is 2.35. The summed E-state index contributed by atoms with van der Waals surface area (Å²) >= 11 is 3.42. The zero-order chi connectivity index (χ0) is 17.7. The maximum Gasteiger partial charge on any atom is 0.416 e. The van der Waals surface area contributed by atoms with Gasteiger partial charge in [-0.1, -0.05) is 28.1 Å². The van der Waals surface area contributed by atoms with Gasteiger partial charge in [-0.05, 0) is 42.0 Å². The summed E-state index contributed by atoms with van der Waals surface area (Å²) in [5, 5.41) is 1.60. The molecule has 0 radical (unpaired) electrons. The second-order valence-corrected chi connectivity index (χ2v) is 6.31. The van der Waals surface area contributed by atoms with Crippen LogP contribution in [0.1, 0.15) is 23.6 Å². The number of hydrogen-bond donors (Lipinski definition) is 1. The number of benzene rings is 2. The summed E-state index contributed by atoms with van der Waals surface area (Å²) in [6.45, 7) is 0.337. The van der Waals surface area contributed by atoms with E-state index in [1.54, 1.807) is 12.1 Å². The number of nitrogens with two attached hydrogens (primary N) is 1. The predicted molar refractivity (Wildman–Crippen MR) is 90.4 cm³/mol. The van der Waals surface area contributed by atoms with Gasteiger partial charge in [0.25, 0.3) is 0 Å². The monoisotopic (exact) mass is 402 g/mol. The molecule has 2 N–H and O–H groups in total. The molecule has 0 amide bonds. The Bertz CT molecular complexity index is 660. The molecule has 3 nitrogen and oxygen atoms in total. The fourth-order valence-corrected chi connectivity index (χ4v) is 2.76. The summed E-state index contributed by atoms with van der Waals surface area (Å²) in [4.78, 5) is 0. The van der Waals surface area contributed by atoms with Crippen LogP contribution >= 0.6 is 15.9 Å². The minimum Gasteiger partial charge on any atom is -0.494 e. The zero-order valence-electron chi connectivity index (χ0n) is 13.1. The van der Waals surface area contributed by atoms with Gasteiger partial charge < -0.3 is 4.74 Å². The molecule has 0 aliphatic rings. The van der Waals surface area contributed by atoms with E-state index in [-0.39, 0.29) is 6.04 Å². The molecule has 0 saturated heterocycles. The van der Waals surface area contributed by atoms with E-state index < -0.39 is 11.7 Å². The lowest BCUT2D eigenvalue weighted by molar-refractivity contribution is -0.137. The lowest BCUT2D eigenvalue weighted by atomic mass is 10.0. The largest absolute Gasteiger partial charge is 0.494 e. The van der Waals surface area contributed by atoms with Crippen molar-refractivity contribution in [1.82, 2.24) is 5.01 Å². The molecule has 0 heterocycles. The van der Waals surface area contributed by atoms with Gasteiger partial charge in [-0.15, -0.1) is 0 Å². The Morgan fingerprint density at radius 3 is 2.38 bits per heavy atom. The second-order valence-electron chi connectivity index (χ2n) is 5.40. The summed E-state index contributed by atoms with van der Waals surface area (Å²) in [5.74, 6) is 6.30. The SMILES string of the molecule is CN(N)C(CCOc1ccc(C(F)(F)F)cc1)c1cccc(Br)c1. The van der Waals surface area contributed by atoms with Crippen molar-refractivity contribution < 1.29 is 17.9 Å². The molecule has 0 fully saturated rings. The Balaban J connectivity index is 1.96. The summed E-state index contributed by atoms with van der Waals surface area (Å²) in [7, 11) is 1.77. The standard InChI is InChI=1S/C17H18BrF3N2O/c1-23(22)16(12-3-2-4-14(18)11-12)9-10-24-15-7-5-13(6-8-15)17(19,20)21/h2-8,11,16H,9-10,22H2,1H3. The highest BCUT2D eigenvalue weighted by Gasteiger charge is 2.30. The van der Waals surface area contributed by atoms with Crippen LogP contribution in [0.25, 0.3) is 0 Å². The molecule has 0 saturated carbocycles. The van der Waals surface area contributed by atoms with Crippen molar-refractivity contribution in [3.05, 3.63) is 64.1 Å². The van der Waals surface area contributed by atoms with Crippen LogP contribution in [-0.2, 0) is 6.18 Å². The van der Waals surface area contributed by atoms with Crippen molar-refractivity contribution in [2.45, 2.75) is 18.6 Å². The Morgan fingerprint density at radius 2 is 1.83 bits per heavy atom. The molecule has 0 aliphatic carbocycles. The summed E-state index contributed by atoms with van der Waals surface area (Å²) in [5.41, 5.74) is 0.342. The third-order valence-corrected chi connectivity index (χ3v) is 4.06. The molecule has 1 atom stereocenters. The highest BCUT2D eigenvalue weighted by Crippen LogP contribution is 2.30. The fraction of sp³-hybridized carbons (Fsp3) is 0.294. The predicted octanol–water partition coefficient (Wildman–Crippen LogP) is 4.78. The van der Waals surface area contributed by atoms with E-state index in [9.17, 15) is 13.2 Å². The molecule has 0 aromatic heterocycles. The molecule has 0 aliphatic heterocycles. The topological polar surface area (TPSA) is 38.5 Å². The number of rotatable bonds is 6. The molecule has 1 unspecified atom stereocenters. The van der Waals surface area contributed by atoms with Gasteiger partial charge in [-0.3, -0.25) is 5.84 Å². The van der Waals surface area contributed by atoms with Gasteiger partial charge in [-0.25, -0.2) is 5.01 Å². The lowest BCUT2D eigenvalue weighted by Crippen LogP contribution is -2.32. The maximum atomic E-state index is 12.5. The van der Waals surface area contributed by atoms with Gasteiger partial charge >= 0.3 is 6.18 Å². The zero-order valence-corrected chi connectivity index (χ0v) is 14.6. The number of halogens is 4. The highest BCUT2D eigenvalue weighted by atomic mass is 79.9. The van der Waals surface area contributed by atoms with Crippen LogP contribution in [0.5, 0.6) is 5.75 Å². The van der Waals surface area contributed by atoms with Crippen LogP contribution in [0.15, 0.2) is 53.0 Å². The van der Waals surface area contributed by atoms with Crippen LogP contribution in [0.4, 0.5) is 13.2 Å². The number of hydrogen-bond acceptors (Lipinski definition) is 3. The quantitative estimate of drug-likeness (QED) is 0.557. The highest BCUT2D eigenvalue weighted by molar-refractivity contribution is 9.10. The Kier molecular flexibility index (Phi) is 6.26. The summed E-state index contributed by atoms with van der Waals surface area (Å²) in [6.07, 6.45) is -3.74. The maximum absolute atomic E-state index is 12.5. The molecule has 0 bridgehead atoms. The minimum atomic E-state index is -4.34. The van der Waals surface area contributed by atoms with E-state index in [1.165, 1.54) is 12.1 Å². The second kappa shape index (κ2) is 8.00.